The van der Waals surface area contributed by atoms with E-state index in [0.29, 0.717) is 17.7 Å². The smallest absolute Gasteiger partial charge is 0.251 e. The van der Waals surface area contributed by atoms with Crippen LogP contribution < -0.4 is 5.32 Å². The average molecular weight is 261 g/mol. The van der Waals surface area contributed by atoms with Crippen molar-refractivity contribution in [2.45, 2.75) is 26.4 Å². The Balaban J connectivity index is 2.00. The maximum absolute atomic E-state index is 13.0. The zero-order valence-electron chi connectivity index (χ0n) is 10.9. The van der Waals surface area contributed by atoms with E-state index in [9.17, 15) is 9.18 Å². The van der Waals surface area contributed by atoms with Crippen LogP contribution in [-0.2, 0) is 6.54 Å². The predicted molar refractivity (Wildman–Crippen MR) is 70.3 cm³/mol. The predicted octanol–water partition coefficient (Wildman–Crippen LogP) is 2.15. The van der Waals surface area contributed by atoms with Crippen LogP contribution in [0.2, 0.25) is 0 Å². The molecule has 2 rings (SSSR count). The lowest BCUT2D eigenvalue weighted by Gasteiger charge is -2.15. The van der Waals surface area contributed by atoms with Crippen molar-refractivity contribution in [3.05, 3.63) is 53.9 Å². The Labute approximate surface area is 111 Å². The minimum atomic E-state index is -0.333. The van der Waals surface area contributed by atoms with Gasteiger partial charge in [0.2, 0.25) is 0 Å². The van der Waals surface area contributed by atoms with Crippen LogP contribution in [0.5, 0.6) is 0 Å². The summed E-state index contributed by atoms with van der Waals surface area (Å²) in [6.45, 7) is 4.28. The summed E-state index contributed by atoms with van der Waals surface area (Å²) < 4.78 is 14.9. The molecule has 0 saturated heterocycles. The molecule has 100 valence electrons. The van der Waals surface area contributed by atoms with E-state index >= 15 is 0 Å². The Morgan fingerprint density at radius 3 is 2.95 bits per heavy atom. The maximum atomic E-state index is 13.0. The van der Waals surface area contributed by atoms with Crippen molar-refractivity contribution in [1.82, 2.24) is 14.9 Å². The number of hydrogen-bond donors (Lipinski definition) is 1. The normalized spacial score (nSPS) is 12.2. The van der Waals surface area contributed by atoms with Crippen LogP contribution in [0.4, 0.5) is 4.39 Å². The average Bonchev–Trinajstić information content (AvgIpc) is 2.81. The van der Waals surface area contributed by atoms with E-state index in [1.807, 2.05) is 17.7 Å². The molecule has 0 aliphatic rings. The van der Waals surface area contributed by atoms with Crippen molar-refractivity contribution >= 4 is 5.91 Å². The second-order valence-electron chi connectivity index (χ2n) is 4.59. The van der Waals surface area contributed by atoms with E-state index in [2.05, 4.69) is 10.3 Å². The number of imidazole rings is 1. The number of nitrogens with one attached hydrogen (secondary N) is 1. The summed E-state index contributed by atoms with van der Waals surface area (Å²) in [5.74, 6) is -0.523. The Bertz CT molecular complexity index is 566. The van der Waals surface area contributed by atoms with Gasteiger partial charge in [-0.05, 0) is 37.6 Å². The van der Waals surface area contributed by atoms with E-state index in [0.717, 1.165) is 0 Å². The molecule has 0 radical (unpaired) electrons. The third kappa shape index (κ3) is 3.40. The Morgan fingerprint density at radius 1 is 1.53 bits per heavy atom. The number of rotatable bonds is 4. The first-order chi connectivity index (χ1) is 9.06. The highest BCUT2D eigenvalue weighted by molar-refractivity contribution is 5.95. The van der Waals surface area contributed by atoms with Crippen LogP contribution in [0.3, 0.4) is 0 Å². The fourth-order valence-corrected chi connectivity index (χ4v) is 1.94. The second-order valence-corrected chi connectivity index (χ2v) is 4.59. The van der Waals surface area contributed by atoms with Crippen molar-refractivity contribution in [2.75, 3.05) is 0 Å². The summed E-state index contributed by atoms with van der Waals surface area (Å²) in [4.78, 5) is 16.0. The Hall–Kier alpha value is -2.17. The molecule has 2 aromatic rings. The number of carbonyl (C=O) groups excluding carboxylic acids is 1. The number of halogens is 1. The summed E-state index contributed by atoms with van der Waals surface area (Å²) in [6, 6.07) is 4.12. The molecule has 0 aliphatic heterocycles. The molecule has 0 aliphatic carbocycles. The SMILES string of the molecule is Cc1cc(F)ccc1C(=O)NC(C)Cn1ccnc1. The van der Waals surface area contributed by atoms with Crippen LogP contribution in [-0.4, -0.2) is 21.5 Å². The van der Waals surface area contributed by atoms with Gasteiger partial charge in [-0.2, -0.15) is 0 Å². The summed E-state index contributed by atoms with van der Waals surface area (Å²) in [7, 11) is 0. The molecular formula is C14H16FN3O. The van der Waals surface area contributed by atoms with Crippen LogP contribution in [0.15, 0.2) is 36.9 Å². The standard InChI is InChI=1S/C14H16FN3O/c1-10-7-12(15)3-4-13(10)14(19)17-11(2)8-18-6-5-16-9-18/h3-7,9,11H,8H2,1-2H3,(H,17,19). The monoisotopic (exact) mass is 261 g/mol. The van der Waals surface area contributed by atoms with E-state index in [-0.39, 0.29) is 17.8 Å². The molecule has 1 aromatic heterocycles. The molecule has 1 heterocycles. The first-order valence-electron chi connectivity index (χ1n) is 6.09. The van der Waals surface area contributed by atoms with Gasteiger partial charge in [-0.15, -0.1) is 0 Å². The number of amides is 1. The quantitative estimate of drug-likeness (QED) is 0.916. The fourth-order valence-electron chi connectivity index (χ4n) is 1.94. The van der Waals surface area contributed by atoms with Crippen LogP contribution in [0.1, 0.15) is 22.8 Å². The first kappa shape index (κ1) is 13.3. The number of nitrogens with zero attached hydrogens (tertiary/aromatic N) is 2. The first-order valence-corrected chi connectivity index (χ1v) is 6.09. The Morgan fingerprint density at radius 2 is 2.32 bits per heavy atom. The van der Waals surface area contributed by atoms with Gasteiger partial charge in [0, 0.05) is 30.5 Å². The highest BCUT2D eigenvalue weighted by atomic mass is 19.1. The van der Waals surface area contributed by atoms with Crippen molar-refractivity contribution in [2.24, 2.45) is 0 Å². The van der Waals surface area contributed by atoms with Gasteiger partial charge in [0.1, 0.15) is 5.82 Å². The van der Waals surface area contributed by atoms with Crippen LogP contribution in [0.25, 0.3) is 0 Å². The number of carbonyl (C=O) groups is 1. The van der Waals surface area contributed by atoms with Gasteiger partial charge in [0.15, 0.2) is 0 Å². The van der Waals surface area contributed by atoms with E-state index in [4.69, 9.17) is 0 Å². The van der Waals surface area contributed by atoms with Gasteiger partial charge in [0.25, 0.3) is 5.91 Å². The number of benzene rings is 1. The van der Waals surface area contributed by atoms with Gasteiger partial charge < -0.3 is 9.88 Å². The fraction of sp³-hybridized carbons (Fsp3) is 0.286. The molecule has 1 N–H and O–H groups in total. The number of aromatic nitrogens is 2. The summed E-state index contributed by atoms with van der Waals surface area (Å²) in [5.41, 5.74) is 1.13. The lowest BCUT2D eigenvalue weighted by molar-refractivity contribution is 0.0936. The largest absolute Gasteiger partial charge is 0.348 e. The number of aryl methyl sites for hydroxylation is 1. The molecule has 1 unspecified atom stereocenters. The zero-order valence-corrected chi connectivity index (χ0v) is 10.9. The molecule has 1 amide bonds. The van der Waals surface area contributed by atoms with Gasteiger partial charge in [-0.3, -0.25) is 4.79 Å². The highest BCUT2D eigenvalue weighted by Crippen LogP contribution is 2.10. The van der Waals surface area contributed by atoms with Crippen molar-refractivity contribution in [3.8, 4) is 0 Å². The van der Waals surface area contributed by atoms with Gasteiger partial charge >= 0.3 is 0 Å². The third-order valence-electron chi connectivity index (χ3n) is 2.85. The van der Waals surface area contributed by atoms with Gasteiger partial charge in [0.05, 0.1) is 6.33 Å². The summed E-state index contributed by atoms with van der Waals surface area (Å²) in [5, 5.41) is 2.88. The third-order valence-corrected chi connectivity index (χ3v) is 2.85. The molecular weight excluding hydrogens is 245 g/mol. The molecule has 1 atom stereocenters. The lowest BCUT2D eigenvalue weighted by atomic mass is 10.1. The second kappa shape index (κ2) is 5.65. The van der Waals surface area contributed by atoms with E-state index < -0.39 is 0 Å². The highest BCUT2D eigenvalue weighted by Gasteiger charge is 2.12. The van der Waals surface area contributed by atoms with Crippen molar-refractivity contribution in [1.29, 1.82) is 0 Å². The molecule has 1 aromatic carbocycles. The molecule has 0 spiro atoms. The van der Waals surface area contributed by atoms with Crippen molar-refractivity contribution in [3.63, 3.8) is 0 Å². The molecule has 0 bridgehead atoms. The zero-order chi connectivity index (χ0) is 13.8. The Kier molecular flexibility index (Phi) is 3.94. The van der Waals surface area contributed by atoms with E-state index in [1.54, 1.807) is 19.4 Å². The molecule has 0 fully saturated rings. The minimum absolute atomic E-state index is 0.0360. The van der Waals surface area contributed by atoms with Crippen LogP contribution >= 0.6 is 0 Å². The number of hydrogen-bond acceptors (Lipinski definition) is 2. The van der Waals surface area contributed by atoms with Gasteiger partial charge in [-0.1, -0.05) is 0 Å². The minimum Gasteiger partial charge on any atom is -0.348 e. The van der Waals surface area contributed by atoms with Crippen molar-refractivity contribution < 1.29 is 9.18 Å². The van der Waals surface area contributed by atoms with Crippen LogP contribution in [0, 0.1) is 12.7 Å². The summed E-state index contributed by atoms with van der Waals surface area (Å²) in [6.07, 6.45) is 5.23. The summed E-state index contributed by atoms with van der Waals surface area (Å²) >= 11 is 0. The molecule has 4 nitrogen and oxygen atoms in total. The molecule has 5 heteroatoms. The lowest BCUT2D eigenvalue weighted by Crippen LogP contribution is -2.35. The van der Waals surface area contributed by atoms with Gasteiger partial charge in [-0.25, -0.2) is 9.37 Å². The van der Waals surface area contributed by atoms with E-state index in [1.165, 1.54) is 18.2 Å². The molecule has 19 heavy (non-hydrogen) atoms. The molecule has 0 saturated carbocycles. The maximum Gasteiger partial charge on any atom is 0.251 e. The topological polar surface area (TPSA) is 46.9 Å².